The first kappa shape index (κ1) is 12.0. The van der Waals surface area contributed by atoms with Gasteiger partial charge in [0.05, 0.1) is 11.6 Å². The Morgan fingerprint density at radius 1 is 1.35 bits per heavy atom. The molecule has 0 spiro atoms. The smallest absolute Gasteiger partial charge is 0.123 e. The van der Waals surface area contributed by atoms with Crippen molar-refractivity contribution in [2.75, 3.05) is 26.2 Å². The lowest BCUT2D eigenvalue weighted by atomic mass is 10.1. The molecule has 0 atom stereocenters. The first-order valence-electron chi connectivity index (χ1n) is 5.91. The molecular formula is C13H16FN3. The van der Waals surface area contributed by atoms with E-state index < -0.39 is 0 Å². The van der Waals surface area contributed by atoms with Crippen molar-refractivity contribution in [2.24, 2.45) is 0 Å². The van der Waals surface area contributed by atoms with E-state index in [2.05, 4.69) is 16.3 Å². The van der Waals surface area contributed by atoms with E-state index in [0.29, 0.717) is 12.1 Å². The molecule has 4 heteroatoms. The molecule has 2 rings (SSSR count). The predicted molar refractivity (Wildman–Crippen MR) is 63.9 cm³/mol. The molecule has 0 saturated carbocycles. The van der Waals surface area contributed by atoms with Crippen molar-refractivity contribution in [3.05, 3.63) is 35.1 Å². The number of nitriles is 1. The van der Waals surface area contributed by atoms with Crippen LogP contribution in [-0.2, 0) is 6.54 Å². The molecule has 1 aromatic carbocycles. The minimum absolute atomic E-state index is 0.271. The van der Waals surface area contributed by atoms with E-state index in [4.69, 9.17) is 5.26 Å². The van der Waals surface area contributed by atoms with E-state index in [1.807, 2.05) is 0 Å². The number of nitrogens with one attached hydrogen (secondary N) is 1. The van der Waals surface area contributed by atoms with Gasteiger partial charge in [-0.25, -0.2) is 4.39 Å². The molecule has 90 valence electrons. The molecule has 0 aliphatic carbocycles. The topological polar surface area (TPSA) is 39.1 Å². The van der Waals surface area contributed by atoms with Crippen molar-refractivity contribution in [1.29, 1.82) is 5.26 Å². The zero-order valence-corrected chi connectivity index (χ0v) is 9.75. The summed E-state index contributed by atoms with van der Waals surface area (Å²) in [5.41, 5.74) is 1.36. The molecule has 1 aliphatic rings. The van der Waals surface area contributed by atoms with Gasteiger partial charge in [0.2, 0.25) is 0 Å². The molecular weight excluding hydrogens is 217 g/mol. The van der Waals surface area contributed by atoms with E-state index in [0.717, 1.165) is 38.2 Å². The molecule has 1 N–H and O–H groups in total. The van der Waals surface area contributed by atoms with Gasteiger partial charge in [-0.3, -0.25) is 4.90 Å². The molecule has 1 fully saturated rings. The Balaban J connectivity index is 2.11. The van der Waals surface area contributed by atoms with Crippen LogP contribution in [0.3, 0.4) is 0 Å². The van der Waals surface area contributed by atoms with Gasteiger partial charge in [-0.05, 0) is 43.3 Å². The highest BCUT2D eigenvalue weighted by atomic mass is 19.1. The fourth-order valence-electron chi connectivity index (χ4n) is 2.10. The third-order valence-electron chi connectivity index (χ3n) is 3.01. The highest BCUT2D eigenvalue weighted by molar-refractivity contribution is 5.37. The monoisotopic (exact) mass is 233 g/mol. The summed E-state index contributed by atoms with van der Waals surface area (Å²) in [6.45, 7) is 4.58. The first-order chi connectivity index (χ1) is 8.29. The third kappa shape index (κ3) is 3.26. The summed E-state index contributed by atoms with van der Waals surface area (Å²) < 4.78 is 13.2. The minimum Gasteiger partial charge on any atom is -0.315 e. The minimum atomic E-state index is -0.271. The second-order valence-electron chi connectivity index (χ2n) is 4.29. The van der Waals surface area contributed by atoms with Crippen molar-refractivity contribution < 1.29 is 4.39 Å². The molecule has 17 heavy (non-hydrogen) atoms. The average Bonchev–Trinajstić information content (AvgIpc) is 2.58. The number of rotatable bonds is 2. The zero-order chi connectivity index (χ0) is 12.1. The summed E-state index contributed by atoms with van der Waals surface area (Å²) in [5.74, 6) is -0.271. The fraction of sp³-hybridized carbons (Fsp3) is 0.462. The maximum Gasteiger partial charge on any atom is 0.123 e. The summed E-state index contributed by atoms with van der Waals surface area (Å²) in [6, 6.07) is 6.48. The number of nitrogens with zero attached hydrogens (tertiary/aromatic N) is 2. The predicted octanol–water partition coefficient (Wildman–Crippen LogP) is 1.49. The first-order valence-corrected chi connectivity index (χ1v) is 5.91. The van der Waals surface area contributed by atoms with Crippen LogP contribution in [0, 0.1) is 17.1 Å². The van der Waals surface area contributed by atoms with Gasteiger partial charge in [0.25, 0.3) is 0 Å². The molecule has 0 bridgehead atoms. The third-order valence-corrected chi connectivity index (χ3v) is 3.01. The summed E-state index contributed by atoms with van der Waals surface area (Å²) >= 11 is 0. The van der Waals surface area contributed by atoms with Crippen LogP contribution in [0.1, 0.15) is 17.5 Å². The largest absolute Gasteiger partial charge is 0.315 e. The Morgan fingerprint density at radius 3 is 3.06 bits per heavy atom. The van der Waals surface area contributed by atoms with E-state index in [-0.39, 0.29) is 5.82 Å². The maximum atomic E-state index is 13.2. The van der Waals surface area contributed by atoms with Crippen molar-refractivity contribution in [1.82, 2.24) is 10.2 Å². The number of hydrogen-bond acceptors (Lipinski definition) is 3. The maximum absolute atomic E-state index is 13.2. The lowest BCUT2D eigenvalue weighted by molar-refractivity contribution is 0.284. The van der Waals surface area contributed by atoms with Gasteiger partial charge >= 0.3 is 0 Å². The Bertz CT molecular complexity index is 417. The molecule has 1 aliphatic heterocycles. The van der Waals surface area contributed by atoms with Gasteiger partial charge in [-0.1, -0.05) is 0 Å². The van der Waals surface area contributed by atoms with Crippen LogP contribution in [0.25, 0.3) is 0 Å². The molecule has 0 radical (unpaired) electrons. The van der Waals surface area contributed by atoms with Crippen molar-refractivity contribution in [2.45, 2.75) is 13.0 Å². The fourth-order valence-corrected chi connectivity index (χ4v) is 2.10. The van der Waals surface area contributed by atoms with E-state index in [9.17, 15) is 4.39 Å². The molecule has 0 aromatic heterocycles. The van der Waals surface area contributed by atoms with Crippen LogP contribution in [-0.4, -0.2) is 31.1 Å². The van der Waals surface area contributed by atoms with Crippen LogP contribution >= 0.6 is 0 Å². The summed E-state index contributed by atoms with van der Waals surface area (Å²) in [7, 11) is 0. The molecule has 1 saturated heterocycles. The van der Waals surface area contributed by atoms with Gasteiger partial charge in [0.15, 0.2) is 0 Å². The average molecular weight is 233 g/mol. The molecule has 3 nitrogen and oxygen atoms in total. The molecule has 1 aromatic rings. The van der Waals surface area contributed by atoms with Gasteiger partial charge in [-0.2, -0.15) is 5.26 Å². The Labute approximate surface area is 101 Å². The van der Waals surface area contributed by atoms with Crippen LogP contribution in [0.4, 0.5) is 4.39 Å². The number of halogens is 1. The van der Waals surface area contributed by atoms with Gasteiger partial charge in [0, 0.05) is 19.6 Å². The van der Waals surface area contributed by atoms with E-state index >= 15 is 0 Å². The normalized spacial score (nSPS) is 17.4. The lowest BCUT2D eigenvalue weighted by Gasteiger charge is -2.19. The second kappa shape index (κ2) is 5.76. The quantitative estimate of drug-likeness (QED) is 0.841. The van der Waals surface area contributed by atoms with Crippen molar-refractivity contribution >= 4 is 0 Å². The molecule has 0 unspecified atom stereocenters. The highest BCUT2D eigenvalue weighted by Crippen LogP contribution is 2.13. The Kier molecular flexibility index (Phi) is 4.08. The SMILES string of the molecule is N#Cc1ccc(F)cc1CN1CCCNCC1. The summed E-state index contributed by atoms with van der Waals surface area (Å²) in [6.07, 6.45) is 1.09. The van der Waals surface area contributed by atoms with Crippen LogP contribution in [0.5, 0.6) is 0 Å². The summed E-state index contributed by atoms with van der Waals surface area (Å²) in [4.78, 5) is 2.26. The number of hydrogen-bond donors (Lipinski definition) is 1. The molecule has 1 heterocycles. The van der Waals surface area contributed by atoms with E-state index in [1.165, 1.54) is 12.1 Å². The van der Waals surface area contributed by atoms with Gasteiger partial charge < -0.3 is 5.32 Å². The van der Waals surface area contributed by atoms with Crippen LogP contribution < -0.4 is 5.32 Å². The van der Waals surface area contributed by atoms with Crippen molar-refractivity contribution in [3.63, 3.8) is 0 Å². The Hall–Kier alpha value is -1.44. The van der Waals surface area contributed by atoms with Gasteiger partial charge in [0.1, 0.15) is 5.82 Å². The second-order valence-corrected chi connectivity index (χ2v) is 4.29. The van der Waals surface area contributed by atoms with Crippen LogP contribution in [0.15, 0.2) is 18.2 Å². The van der Waals surface area contributed by atoms with E-state index in [1.54, 1.807) is 6.07 Å². The van der Waals surface area contributed by atoms with Gasteiger partial charge in [-0.15, -0.1) is 0 Å². The lowest BCUT2D eigenvalue weighted by Crippen LogP contribution is -2.28. The standard InChI is InChI=1S/C13H16FN3/c14-13-3-2-11(9-15)12(8-13)10-17-6-1-4-16-5-7-17/h2-3,8,16H,1,4-7,10H2. The summed E-state index contributed by atoms with van der Waals surface area (Å²) in [5, 5.41) is 12.3. The Morgan fingerprint density at radius 2 is 2.24 bits per heavy atom. The van der Waals surface area contributed by atoms with Crippen LogP contribution in [0.2, 0.25) is 0 Å². The highest BCUT2D eigenvalue weighted by Gasteiger charge is 2.12. The van der Waals surface area contributed by atoms with Crippen molar-refractivity contribution in [3.8, 4) is 6.07 Å². The zero-order valence-electron chi connectivity index (χ0n) is 9.75. The molecule has 0 amide bonds. The number of benzene rings is 1.